The Labute approximate surface area is 103 Å². The standard InChI is InChI=1S/C14H21NO2/c1-4-14(2,3)15-10-12-8-6-5-7-11(12)9-13(16)17/h5-8,15H,4,9-10H2,1-3H3,(H,16,17). The molecule has 0 aliphatic heterocycles. The van der Waals surface area contributed by atoms with Crippen LogP contribution in [0.1, 0.15) is 38.3 Å². The van der Waals surface area contributed by atoms with Crippen LogP contribution in [0.4, 0.5) is 0 Å². The molecule has 0 aromatic heterocycles. The summed E-state index contributed by atoms with van der Waals surface area (Å²) in [6, 6.07) is 7.69. The second kappa shape index (κ2) is 5.82. The summed E-state index contributed by atoms with van der Waals surface area (Å²) in [5.74, 6) is -0.785. The molecule has 0 bridgehead atoms. The fraction of sp³-hybridized carbons (Fsp3) is 0.500. The molecule has 0 heterocycles. The fourth-order valence-electron chi connectivity index (χ4n) is 1.52. The van der Waals surface area contributed by atoms with Crippen molar-refractivity contribution < 1.29 is 9.90 Å². The summed E-state index contributed by atoms with van der Waals surface area (Å²) in [6.45, 7) is 7.14. The first-order chi connectivity index (χ1) is 7.94. The maximum atomic E-state index is 10.8. The topological polar surface area (TPSA) is 49.3 Å². The molecule has 0 aliphatic rings. The number of aliphatic carboxylic acids is 1. The fourth-order valence-corrected chi connectivity index (χ4v) is 1.52. The molecule has 0 radical (unpaired) electrons. The van der Waals surface area contributed by atoms with Gasteiger partial charge in [-0.2, -0.15) is 0 Å². The van der Waals surface area contributed by atoms with Gasteiger partial charge < -0.3 is 10.4 Å². The molecule has 0 unspecified atom stereocenters. The van der Waals surface area contributed by atoms with E-state index < -0.39 is 5.97 Å². The first-order valence-corrected chi connectivity index (χ1v) is 5.98. The Kier molecular flexibility index (Phi) is 4.70. The smallest absolute Gasteiger partial charge is 0.307 e. The van der Waals surface area contributed by atoms with Crippen molar-refractivity contribution in [2.45, 2.75) is 45.7 Å². The van der Waals surface area contributed by atoms with Gasteiger partial charge in [-0.25, -0.2) is 0 Å². The maximum absolute atomic E-state index is 10.8. The summed E-state index contributed by atoms with van der Waals surface area (Å²) in [7, 11) is 0. The molecule has 0 fully saturated rings. The summed E-state index contributed by atoms with van der Waals surface area (Å²) in [6.07, 6.45) is 1.12. The molecule has 3 heteroatoms. The first kappa shape index (κ1) is 13.7. The van der Waals surface area contributed by atoms with Crippen LogP contribution in [0.2, 0.25) is 0 Å². The van der Waals surface area contributed by atoms with Crippen molar-refractivity contribution in [3.63, 3.8) is 0 Å². The molecule has 2 N–H and O–H groups in total. The lowest BCUT2D eigenvalue weighted by molar-refractivity contribution is -0.136. The van der Waals surface area contributed by atoms with E-state index in [2.05, 4.69) is 26.1 Å². The molecule has 0 saturated heterocycles. The molecule has 0 aliphatic carbocycles. The lowest BCUT2D eigenvalue weighted by Gasteiger charge is -2.25. The van der Waals surface area contributed by atoms with Crippen LogP contribution in [-0.2, 0) is 17.8 Å². The number of hydrogen-bond donors (Lipinski definition) is 2. The third kappa shape index (κ3) is 4.57. The number of carboxylic acids is 1. The minimum absolute atomic E-state index is 0.0797. The van der Waals surface area contributed by atoms with Crippen LogP contribution in [0.25, 0.3) is 0 Å². The summed E-state index contributed by atoms with van der Waals surface area (Å²) >= 11 is 0. The van der Waals surface area contributed by atoms with Gasteiger partial charge in [0.1, 0.15) is 0 Å². The second-order valence-corrected chi connectivity index (χ2v) is 4.93. The van der Waals surface area contributed by atoms with Gasteiger partial charge in [-0.1, -0.05) is 31.2 Å². The van der Waals surface area contributed by atoms with Crippen LogP contribution in [0, 0.1) is 0 Å². The zero-order valence-electron chi connectivity index (χ0n) is 10.8. The Hall–Kier alpha value is -1.35. The van der Waals surface area contributed by atoms with E-state index in [9.17, 15) is 4.79 Å². The zero-order chi connectivity index (χ0) is 12.9. The van der Waals surface area contributed by atoms with Crippen molar-refractivity contribution in [1.29, 1.82) is 0 Å². The van der Waals surface area contributed by atoms with E-state index in [-0.39, 0.29) is 12.0 Å². The van der Waals surface area contributed by atoms with Crippen LogP contribution in [0.5, 0.6) is 0 Å². The Bertz CT molecular complexity index is 386. The maximum Gasteiger partial charge on any atom is 0.307 e. The second-order valence-electron chi connectivity index (χ2n) is 4.93. The third-order valence-corrected chi connectivity index (χ3v) is 3.10. The van der Waals surface area contributed by atoms with Crippen molar-refractivity contribution in [2.75, 3.05) is 0 Å². The highest BCUT2D eigenvalue weighted by Crippen LogP contribution is 2.13. The molecule has 1 rings (SSSR count). The third-order valence-electron chi connectivity index (χ3n) is 3.10. The van der Waals surface area contributed by atoms with Gasteiger partial charge in [0, 0.05) is 12.1 Å². The van der Waals surface area contributed by atoms with E-state index in [1.54, 1.807) is 0 Å². The SMILES string of the molecule is CCC(C)(C)NCc1ccccc1CC(=O)O. The molecule has 0 atom stereocenters. The van der Waals surface area contributed by atoms with Crippen molar-refractivity contribution in [2.24, 2.45) is 0 Å². The summed E-state index contributed by atoms with van der Waals surface area (Å²) in [5, 5.41) is 12.3. The highest BCUT2D eigenvalue weighted by molar-refractivity contribution is 5.70. The highest BCUT2D eigenvalue weighted by Gasteiger charge is 2.14. The molecule has 94 valence electrons. The molecule has 3 nitrogen and oxygen atoms in total. The van der Waals surface area contributed by atoms with Gasteiger partial charge in [-0.3, -0.25) is 4.79 Å². The minimum Gasteiger partial charge on any atom is -0.481 e. The normalized spacial score (nSPS) is 11.5. The average molecular weight is 235 g/mol. The number of carbonyl (C=O) groups is 1. The van der Waals surface area contributed by atoms with Gasteiger partial charge in [-0.05, 0) is 31.4 Å². The molecule has 1 aromatic carbocycles. The summed E-state index contributed by atoms with van der Waals surface area (Å²) < 4.78 is 0. The minimum atomic E-state index is -0.785. The zero-order valence-corrected chi connectivity index (χ0v) is 10.8. The Balaban J connectivity index is 2.73. The predicted molar refractivity (Wildman–Crippen MR) is 69.0 cm³/mol. The number of hydrogen-bond acceptors (Lipinski definition) is 2. The number of nitrogens with one attached hydrogen (secondary N) is 1. The Morgan fingerprint density at radius 2 is 1.88 bits per heavy atom. The van der Waals surface area contributed by atoms with Crippen LogP contribution >= 0.6 is 0 Å². The molecule has 0 saturated carbocycles. The molecule has 0 amide bonds. The Morgan fingerprint density at radius 1 is 1.29 bits per heavy atom. The van der Waals surface area contributed by atoms with Crippen LogP contribution in [0.3, 0.4) is 0 Å². The number of carboxylic acid groups (broad SMARTS) is 1. The van der Waals surface area contributed by atoms with Crippen LogP contribution in [-0.4, -0.2) is 16.6 Å². The van der Waals surface area contributed by atoms with E-state index in [4.69, 9.17) is 5.11 Å². The quantitative estimate of drug-likeness (QED) is 0.796. The van der Waals surface area contributed by atoms with Crippen molar-refractivity contribution in [3.8, 4) is 0 Å². The lowest BCUT2D eigenvalue weighted by atomic mass is 9.99. The van der Waals surface area contributed by atoms with E-state index >= 15 is 0 Å². The van der Waals surface area contributed by atoms with Crippen molar-refractivity contribution >= 4 is 5.97 Å². The van der Waals surface area contributed by atoms with Crippen LogP contribution in [0.15, 0.2) is 24.3 Å². The highest BCUT2D eigenvalue weighted by atomic mass is 16.4. The summed E-state index contributed by atoms with van der Waals surface area (Å²) in [4.78, 5) is 10.8. The molecular formula is C14H21NO2. The van der Waals surface area contributed by atoms with E-state index in [0.29, 0.717) is 6.54 Å². The first-order valence-electron chi connectivity index (χ1n) is 5.98. The lowest BCUT2D eigenvalue weighted by Crippen LogP contribution is -2.38. The van der Waals surface area contributed by atoms with Crippen LogP contribution < -0.4 is 5.32 Å². The van der Waals surface area contributed by atoms with Gasteiger partial charge >= 0.3 is 5.97 Å². The van der Waals surface area contributed by atoms with Gasteiger partial charge in [-0.15, -0.1) is 0 Å². The molecule has 1 aromatic rings. The van der Waals surface area contributed by atoms with Gasteiger partial charge in [0.25, 0.3) is 0 Å². The predicted octanol–water partition coefficient (Wildman–Crippen LogP) is 2.59. The van der Waals surface area contributed by atoms with E-state index in [0.717, 1.165) is 17.5 Å². The number of benzene rings is 1. The van der Waals surface area contributed by atoms with Crippen molar-refractivity contribution in [1.82, 2.24) is 5.32 Å². The number of rotatable bonds is 6. The summed E-state index contributed by atoms with van der Waals surface area (Å²) in [5.41, 5.74) is 2.03. The molecular weight excluding hydrogens is 214 g/mol. The van der Waals surface area contributed by atoms with E-state index in [1.165, 1.54) is 0 Å². The van der Waals surface area contributed by atoms with Gasteiger partial charge in [0.15, 0.2) is 0 Å². The monoisotopic (exact) mass is 235 g/mol. The van der Waals surface area contributed by atoms with E-state index in [1.807, 2.05) is 24.3 Å². The Morgan fingerprint density at radius 3 is 2.41 bits per heavy atom. The van der Waals surface area contributed by atoms with Gasteiger partial charge in [0.05, 0.1) is 6.42 Å². The molecule has 0 spiro atoms. The van der Waals surface area contributed by atoms with Crippen molar-refractivity contribution in [3.05, 3.63) is 35.4 Å². The van der Waals surface area contributed by atoms with Gasteiger partial charge in [0.2, 0.25) is 0 Å². The average Bonchev–Trinajstić information content (AvgIpc) is 2.27. The molecule has 17 heavy (non-hydrogen) atoms. The largest absolute Gasteiger partial charge is 0.481 e.